The Balaban J connectivity index is 1.65. The van der Waals surface area contributed by atoms with Crippen molar-refractivity contribution in [2.24, 2.45) is 10.9 Å². The second-order valence-electron chi connectivity index (χ2n) is 15.8. The van der Waals surface area contributed by atoms with Crippen molar-refractivity contribution in [2.45, 2.75) is 85.1 Å². The van der Waals surface area contributed by atoms with E-state index in [-0.39, 0.29) is 51.3 Å². The number of aryl methyl sites for hydroxylation is 4. The number of nitrogens with one attached hydrogen (secondary N) is 4. The summed E-state index contributed by atoms with van der Waals surface area (Å²) in [7, 11) is -9.81. The predicted molar refractivity (Wildman–Crippen MR) is 238 cm³/mol. The van der Waals surface area contributed by atoms with Crippen LogP contribution in [-0.2, 0) is 25.0 Å². The summed E-state index contributed by atoms with van der Waals surface area (Å²) in [5.74, 6) is -0.302. The second-order valence-corrected chi connectivity index (χ2v) is 18.6. The van der Waals surface area contributed by atoms with E-state index in [1.165, 1.54) is 24.3 Å². The molecule has 2 aliphatic rings. The molecule has 0 bridgehead atoms. The Labute approximate surface area is 355 Å². The lowest BCUT2D eigenvalue weighted by molar-refractivity contribution is -0.118. The van der Waals surface area contributed by atoms with E-state index in [1.807, 2.05) is 61.5 Å². The Hall–Kier alpha value is -6.07. The topological polar surface area (TPSA) is 216 Å². The van der Waals surface area contributed by atoms with Crippen LogP contribution >= 0.6 is 0 Å². The van der Waals surface area contributed by atoms with Crippen molar-refractivity contribution in [2.75, 3.05) is 16.0 Å². The third-order valence-electron chi connectivity index (χ3n) is 10.3. The van der Waals surface area contributed by atoms with Gasteiger partial charge in [-0.05, 0) is 113 Å². The van der Waals surface area contributed by atoms with Crippen molar-refractivity contribution in [3.8, 4) is 22.5 Å². The van der Waals surface area contributed by atoms with Crippen molar-refractivity contribution < 1.29 is 39.9 Å². The molecule has 0 radical (unpaired) electrons. The number of amides is 3. The summed E-state index contributed by atoms with van der Waals surface area (Å²) in [6, 6.07) is 16.5. The van der Waals surface area contributed by atoms with Gasteiger partial charge in [0.1, 0.15) is 21.1 Å². The van der Waals surface area contributed by atoms with Crippen molar-refractivity contribution in [3.05, 3.63) is 105 Å². The first kappa shape index (κ1) is 44.5. The number of rotatable bonds is 10. The molecule has 0 atom stereocenters. The van der Waals surface area contributed by atoms with Gasteiger partial charge >= 0.3 is 6.03 Å². The molecule has 320 valence electrons. The number of benzene rings is 5. The molecule has 0 fully saturated rings. The standard InChI is InChI=1S/C45H49N5O9S2/c1-22(2)44(51)49-42-26(7)17-24(5)40(28(42)9)47-30-15-16-31-35(19-30)59-36-21-34(48-41-25(6)18-27(8)43(29(41)10)50-45(52)46-23(3)4)38(61(56,57)58)20-33(36)39(31)32-13-11-12-14-37(32)60(53,54)55/h11-23,47H,1-10H3,(H,49,51)(H2,46,50,52)(H,53,54,55)(H,56,57,58). The minimum Gasteiger partial charge on any atom is -0.456 e. The molecule has 3 amide bonds. The fourth-order valence-corrected chi connectivity index (χ4v) is 8.85. The summed E-state index contributed by atoms with van der Waals surface area (Å²) in [4.78, 5) is 29.2. The van der Waals surface area contributed by atoms with Crippen LogP contribution in [0.4, 0.5) is 33.2 Å². The summed E-state index contributed by atoms with van der Waals surface area (Å²) in [6.45, 7) is 18.4. The van der Waals surface area contributed by atoms with E-state index in [0.717, 1.165) is 34.0 Å². The van der Waals surface area contributed by atoms with Gasteiger partial charge in [0, 0.05) is 63.2 Å². The van der Waals surface area contributed by atoms with E-state index in [2.05, 4.69) is 21.3 Å². The zero-order chi connectivity index (χ0) is 44.9. The molecule has 14 nitrogen and oxygen atoms in total. The number of carbonyl (C=O) groups excluding carboxylic acids is 2. The van der Waals surface area contributed by atoms with Crippen LogP contribution in [0.1, 0.15) is 61.1 Å². The molecule has 0 spiro atoms. The molecular formula is C45H49N5O9S2. The second kappa shape index (κ2) is 16.8. The average Bonchev–Trinajstić information content (AvgIpc) is 3.15. The fraction of sp³-hybridized carbons (Fsp3) is 0.267. The van der Waals surface area contributed by atoms with Crippen LogP contribution in [-0.4, -0.2) is 43.9 Å². The maximum atomic E-state index is 13.2. The summed E-state index contributed by atoms with van der Waals surface area (Å²) in [6.07, 6.45) is 0. The Bertz CT molecular complexity index is 3050. The highest BCUT2D eigenvalue weighted by atomic mass is 32.2. The predicted octanol–water partition coefficient (Wildman–Crippen LogP) is 9.65. The van der Waals surface area contributed by atoms with E-state index in [9.17, 15) is 35.5 Å². The van der Waals surface area contributed by atoms with Crippen LogP contribution in [0.25, 0.3) is 33.4 Å². The van der Waals surface area contributed by atoms with Gasteiger partial charge in [0.25, 0.3) is 20.2 Å². The Morgan fingerprint density at radius 2 is 1.28 bits per heavy atom. The summed E-state index contributed by atoms with van der Waals surface area (Å²) in [5, 5.41) is 12.3. The lowest BCUT2D eigenvalue weighted by Gasteiger charge is -2.21. The molecule has 0 aromatic heterocycles. The van der Waals surface area contributed by atoms with Gasteiger partial charge in [-0.15, -0.1) is 0 Å². The first-order valence-electron chi connectivity index (χ1n) is 19.5. The number of nitrogens with zero attached hydrogens (tertiary/aromatic N) is 1. The Morgan fingerprint density at radius 1 is 0.672 bits per heavy atom. The number of fused-ring (bicyclic) bond motifs is 2. The van der Waals surface area contributed by atoms with Crippen molar-refractivity contribution in [1.82, 2.24) is 5.32 Å². The SMILES string of the molecule is Cc1cc(C)c(NC(=O)NC(C)C)c(C)c1N=c1cc2oc3cc(Nc4c(C)cc(C)c(NC(=O)C(C)C)c4C)ccc3c(-c3ccccc3S(=O)(=O)O)c-2cc1S(=O)(=O)O. The molecule has 4 aromatic rings. The minimum atomic E-state index is -5.00. The summed E-state index contributed by atoms with van der Waals surface area (Å²) in [5.41, 5.74) is 7.84. The van der Waals surface area contributed by atoms with Crippen LogP contribution in [0.2, 0.25) is 0 Å². The van der Waals surface area contributed by atoms with E-state index in [4.69, 9.17) is 9.41 Å². The average molecular weight is 868 g/mol. The molecule has 6 rings (SSSR count). The highest BCUT2D eigenvalue weighted by molar-refractivity contribution is 7.86. The largest absolute Gasteiger partial charge is 0.456 e. The van der Waals surface area contributed by atoms with Gasteiger partial charge in [-0.25, -0.2) is 9.79 Å². The highest BCUT2D eigenvalue weighted by Crippen LogP contribution is 2.44. The van der Waals surface area contributed by atoms with Crippen LogP contribution < -0.4 is 26.6 Å². The lowest BCUT2D eigenvalue weighted by atomic mass is 9.93. The third-order valence-corrected chi connectivity index (χ3v) is 12.1. The monoisotopic (exact) mass is 867 g/mol. The van der Waals surface area contributed by atoms with Crippen molar-refractivity contribution in [1.29, 1.82) is 0 Å². The molecule has 61 heavy (non-hydrogen) atoms. The molecule has 16 heteroatoms. The third kappa shape index (κ3) is 9.17. The van der Waals surface area contributed by atoms with Gasteiger partial charge in [-0.1, -0.05) is 44.2 Å². The van der Waals surface area contributed by atoms with Crippen molar-refractivity contribution >= 4 is 71.6 Å². The molecule has 6 N–H and O–H groups in total. The maximum absolute atomic E-state index is 13.2. The van der Waals surface area contributed by atoms with Gasteiger partial charge in [-0.2, -0.15) is 16.8 Å². The molecule has 0 saturated heterocycles. The molecule has 4 aromatic carbocycles. The molecule has 0 unspecified atom stereocenters. The zero-order valence-electron chi connectivity index (χ0n) is 35.5. The molecule has 1 aliphatic heterocycles. The van der Waals surface area contributed by atoms with Crippen LogP contribution in [0, 0.1) is 47.5 Å². The number of anilines is 4. The maximum Gasteiger partial charge on any atom is 0.319 e. The van der Waals surface area contributed by atoms with E-state index in [0.29, 0.717) is 39.3 Å². The Kier molecular flexibility index (Phi) is 12.2. The van der Waals surface area contributed by atoms with Crippen LogP contribution in [0.3, 0.4) is 0 Å². The first-order chi connectivity index (χ1) is 28.5. The smallest absolute Gasteiger partial charge is 0.319 e. The van der Waals surface area contributed by atoms with E-state index in [1.54, 1.807) is 44.2 Å². The summed E-state index contributed by atoms with van der Waals surface area (Å²) < 4.78 is 79.6. The van der Waals surface area contributed by atoms with Gasteiger partial charge in [0.2, 0.25) is 5.91 Å². The van der Waals surface area contributed by atoms with Gasteiger partial charge in [-0.3, -0.25) is 13.9 Å². The zero-order valence-corrected chi connectivity index (χ0v) is 37.2. The molecule has 1 heterocycles. The quantitative estimate of drug-likeness (QED) is 0.0566. The fourth-order valence-electron chi connectivity index (χ4n) is 7.52. The summed E-state index contributed by atoms with van der Waals surface area (Å²) >= 11 is 0. The van der Waals surface area contributed by atoms with Crippen molar-refractivity contribution in [3.63, 3.8) is 0 Å². The number of urea groups is 1. The molecular weight excluding hydrogens is 819 g/mol. The normalized spacial score (nSPS) is 12.4. The number of carbonyl (C=O) groups is 2. The number of hydrogen-bond acceptors (Lipinski definition) is 9. The Morgan fingerprint density at radius 3 is 1.90 bits per heavy atom. The lowest BCUT2D eigenvalue weighted by Crippen LogP contribution is -2.34. The van der Waals surface area contributed by atoms with Gasteiger partial charge in [0.15, 0.2) is 0 Å². The molecule has 1 aliphatic carbocycles. The molecule has 0 saturated carbocycles. The van der Waals surface area contributed by atoms with E-state index >= 15 is 0 Å². The van der Waals surface area contributed by atoms with Gasteiger partial charge in [0.05, 0.1) is 16.7 Å². The van der Waals surface area contributed by atoms with Gasteiger partial charge < -0.3 is 25.7 Å². The van der Waals surface area contributed by atoms with E-state index < -0.39 is 36.1 Å². The van der Waals surface area contributed by atoms with Crippen LogP contribution in [0.5, 0.6) is 0 Å². The minimum absolute atomic E-state index is 0.0406. The first-order valence-corrected chi connectivity index (χ1v) is 22.3. The van der Waals surface area contributed by atoms with Crippen LogP contribution in [0.15, 0.2) is 85.9 Å². The highest BCUT2D eigenvalue weighted by Gasteiger charge is 2.27. The number of hydrogen-bond donors (Lipinski definition) is 6.